The summed E-state index contributed by atoms with van der Waals surface area (Å²) in [5.74, 6) is 0.470. The summed E-state index contributed by atoms with van der Waals surface area (Å²) in [6, 6.07) is 12.6. The van der Waals surface area contributed by atoms with Crippen LogP contribution in [0.1, 0.15) is 25.0 Å². The van der Waals surface area contributed by atoms with Crippen LogP contribution >= 0.6 is 0 Å². The molecule has 0 unspecified atom stereocenters. The number of nitrogens with zero attached hydrogens (tertiary/aromatic N) is 1. The monoisotopic (exact) mass is 380 g/mol. The molecule has 1 aliphatic heterocycles. The Labute approximate surface area is 164 Å². The van der Waals surface area contributed by atoms with Crippen LogP contribution in [0.4, 0.5) is 5.69 Å². The summed E-state index contributed by atoms with van der Waals surface area (Å²) < 4.78 is 10.6. The lowest BCUT2D eigenvalue weighted by molar-refractivity contribution is -0.138. The molecule has 0 aromatic heterocycles. The van der Waals surface area contributed by atoms with E-state index in [0.717, 1.165) is 5.56 Å². The van der Waals surface area contributed by atoms with Gasteiger partial charge >= 0.3 is 0 Å². The van der Waals surface area contributed by atoms with Crippen LogP contribution in [0.3, 0.4) is 0 Å². The lowest BCUT2D eigenvalue weighted by Crippen LogP contribution is -2.38. The highest BCUT2D eigenvalue weighted by Gasteiger charge is 2.40. The van der Waals surface area contributed by atoms with Crippen molar-refractivity contribution in [3.8, 4) is 11.5 Å². The maximum Gasteiger partial charge on any atom is 0.278 e. The number of anilines is 1. The molecule has 0 radical (unpaired) electrons. The van der Waals surface area contributed by atoms with E-state index in [0.29, 0.717) is 28.3 Å². The molecule has 2 aromatic rings. The zero-order valence-electron chi connectivity index (χ0n) is 16.7. The minimum Gasteiger partial charge on any atom is -0.493 e. The molecule has 0 atom stereocenters. The van der Waals surface area contributed by atoms with Crippen LogP contribution in [0.2, 0.25) is 0 Å². The second-order valence-electron chi connectivity index (χ2n) is 6.88. The van der Waals surface area contributed by atoms with E-state index in [1.807, 2.05) is 45.0 Å². The predicted octanol–water partition coefficient (Wildman–Crippen LogP) is 3.61. The normalized spacial score (nSPS) is 14.1. The Hall–Kier alpha value is -3.28. The minimum atomic E-state index is -0.342. The fourth-order valence-electron chi connectivity index (χ4n) is 3.18. The molecule has 1 N–H and O–H groups in total. The number of carbonyl (C=O) groups is 2. The van der Waals surface area contributed by atoms with Crippen molar-refractivity contribution in [1.82, 2.24) is 4.90 Å². The van der Waals surface area contributed by atoms with E-state index < -0.39 is 0 Å². The van der Waals surface area contributed by atoms with Gasteiger partial charge in [0.1, 0.15) is 5.70 Å². The molecule has 0 saturated carbocycles. The lowest BCUT2D eigenvalue weighted by Gasteiger charge is -2.19. The third-order valence-corrected chi connectivity index (χ3v) is 4.62. The molecule has 28 heavy (non-hydrogen) atoms. The Bertz CT molecular complexity index is 946. The molecule has 0 bridgehead atoms. The van der Waals surface area contributed by atoms with Crippen molar-refractivity contribution in [3.63, 3.8) is 0 Å². The SMILES string of the molecule is COc1ccc(NC2=C(c3ccc(C)cc3)C(=O)N(C(C)C)C2=O)cc1OC. The number of methoxy groups -OCH3 is 2. The maximum atomic E-state index is 13.0. The van der Waals surface area contributed by atoms with E-state index in [9.17, 15) is 9.59 Å². The van der Waals surface area contributed by atoms with Gasteiger partial charge < -0.3 is 14.8 Å². The highest BCUT2D eigenvalue weighted by Crippen LogP contribution is 2.34. The molecular weight excluding hydrogens is 356 g/mol. The number of aryl methyl sites for hydroxylation is 1. The van der Waals surface area contributed by atoms with Gasteiger partial charge in [0.2, 0.25) is 0 Å². The topological polar surface area (TPSA) is 67.9 Å². The summed E-state index contributed by atoms with van der Waals surface area (Å²) in [4.78, 5) is 27.3. The molecular formula is C22H24N2O4. The van der Waals surface area contributed by atoms with Crippen LogP contribution in [0.5, 0.6) is 11.5 Å². The van der Waals surface area contributed by atoms with Crippen LogP contribution in [-0.2, 0) is 9.59 Å². The van der Waals surface area contributed by atoms with Crippen molar-refractivity contribution < 1.29 is 19.1 Å². The van der Waals surface area contributed by atoms with Gasteiger partial charge in [0.15, 0.2) is 11.5 Å². The van der Waals surface area contributed by atoms with Crippen molar-refractivity contribution in [3.05, 3.63) is 59.3 Å². The Morgan fingerprint density at radius 3 is 2.11 bits per heavy atom. The van der Waals surface area contributed by atoms with E-state index in [1.165, 1.54) is 4.90 Å². The number of amides is 2. The summed E-state index contributed by atoms with van der Waals surface area (Å²) >= 11 is 0. The van der Waals surface area contributed by atoms with E-state index in [2.05, 4.69) is 5.32 Å². The van der Waals surface area contributed by atoms with Crippen LogP contribution < -0.4 is 14.8 Å². The van der Waals surface area contributed by atoms with E-state index >= 15 is 0 Å². The van der Waals surface area contributed by atoms with E-state index in [1.54, 1.807) is 32.4 Å². The second-order valence-corrected chi connectivity index (χ2v) is 6.88. The van der Waals surface area contributed by atoms with Gasteiger partial charge in [-0.2, -0.15) is 0 Å². The molecule has 1 aliphatic rings. The average molecular weight is 380 g/mol. The number of hydrogen-bond acceptors (Lipinski definition) is 5. The fourth-order valence-corrected chi connectivity index (χ4v) is 3.18. The standard InChI is InChI=1S/C22H24N2O4/c1-13(2)24-21(25)19(15-8-6-14(3)7-9-15)20(22(24)26)23-16-10-11-17(27-4)18(12-16)28-5/h6-13,23H,1-5H3. The largest absolute Gasteiger partial charge is 0.493 e. The minimum absolute atomic E-state index is 0.245. The zero-order chi connectivity index (χ0) is 20.4. The van der Waals surface area contributed by atoms with Crippen molar-refractivity contribution in [2.24, 2.45) is 0 Å². The van der Waals surface area contributed by atoms with Gasteiger partial charge in [-0.25, -0.2) is 0 Å². The first kappa shape index (κ1) is 19.5. The van der Waals surface area contributed by atoms with Crippen LogP contribution in [0.15, 0.2) is 48.2 Å². The van der Waals surface area contributed by atoms with Crippen molar-refractivity contribution >= 4 is 23.1 Å². The molecule has 3 rings (SSSR count). The average Bonchev–Trinajstić information content (AvgIpc) is 2.92. The third-order valence-electron chi connectivity index (χ3n) is 4.62. The zero-order valence-corrected chi connectivity index (χ0v) is 16.7. The van der Waals surface area contributed by atoms with Gasteiger partial charge in [-0.05, 0) is 38.5 Å². The molecule has 1 heterocycles. The highest BCUT2D eigenvalue weighted by atomic mass is 16.5. The Kier molecular flexibility index (Phi) is 5.40. The highest BCUT2D eigenvalue weighted by molar-refractivity contribution is 6.36. The number of nitrogens with one attached hydrogen (secondary N) is 1. The summed E-state index contributed by atoms with van der Waals surface area (Å²) in [5.41, 5.74) is 3.04. The van der Waals surface area contributed by atoms with Crippen molar-refractivity contribution in [1.29, 1.82) is 0 Å². The Morgan fingerprint density at radius 2 is 1.54 bits per heavy atom. The summed E-state index contributed by atoms with van der Waals surface area (Å²) in [5, 5.41) is 3.13. The number of ether oxygens (including phenoxy) is 2. The molecule has 0 aliphatic carbocycles. The van der Waals surface area contributed by atoms with Gasteiger partial charge in [0.25, 0.3) is 11.8 Å². The Balaban J connectivity index is 2.08. The van der Waals surface area contributed by atoms with Gasteiger partial charge in [0, 0.05) is 17.8 Å². The molecule has 146 valence electrons. The first-order chi connectivity index (χ1) is 13.4. The lowest BCUT2D eigenvalue weighted by atomic mass is 10.0. The molecule has 2 amide bonds. The van der Waals surface area contributed by atoms with E-state index in [-0.39, 0.29) is 23.6 Å². The summed E-state index contributed by atoms with van der Waals surface area (Å²) in [7, 11) is 3.10. The number of carbonyl (C=O) groups excluding carboxylic acids is 2. The van der Waals surface area contributed by atoms with Gasteiger partial charge in [-0.1, -0.05) is 29.8 Å². The van der Waals surface area contributed by atoms with Gasteiger partial charge in [0.05, 0.1) is 19.8 Å². The van der Waals surface area contributed by atoms with Gasteiger partial charge in [-0.15, -0.1) is 0 Å². The molecule has 0 fully saturated rings. The van der Waals surface area contributed by atoms with Crippen LogP contribution in [0, 0.1) is 6.92 Å². The number of benzene rings is 2. The second kappa shape index (κ2) is 7.76. The molecule has 6 nitrogen and oxygen atoms in total. The molecule has 0 spiro atoms. The fraction of sp³-hybridized carbons (Fsp3) is 0.273. The molecule has 2 aromatic carbocycles. The quantitative estimate of drug-likeness (QED) is 0.776. The van der Waals surface area contributed by atoms with Crippen LogP contribution in [-0.4, -0.2) is 37.0 Å². The summed E-state index contributed by atoms with van der Waals surface area (Å²) in [6.45, 7) is 5.62. The first-order valence-corrected chi connectivity index (χ1v) is 9.05. The number of hydrogen-bond donors (Lipinski definition) is 1. The first-order valence-electron chi connectivity index (χ1n) is 9.05. The Morgan fingerprint density at radius 1 is 0.893 bits per heavy atom. The number of imide groups is 1. The predicted molar refractivity (Wildman–Crippen MR) is 108 cm³/mol. The molecule has 6 heteroatoms. The van der Waals surface area contributed by atoms with Gasteiger partial charge in [-0.3, -0.25) is 14.5 Å². The van der Waals surface area contributed by atoms with Crippen molar-refractivity contribution in [2.45, 2.75) is 26.8 Å². The van der Waals surface area contributed by atoms with Crippen LogP contribution in [0.25, 0.3) is 5.57 Å². The summed E-state index contributed by atoms with van der Waals surface area (Å²) in [6.07, 6.45) is 0. The smallest absolute Gasteiger partial charge is 0.278 e. The van der Waals surface area contributed by atoms with Crippen molar-refractivity contribution in [2.75, 3.05) is 19.5 Å². The molecule has 0 saturated heterocycles. The number of rotatable bonds is 6. The van der Waals surface area contributed by atoms with E-state index in [4.69, 9.17) is 9.47 Å². The third kappa shape index (κ3) is 3.45. The maximum absolute atomic E-state index is 13.0.